The molecule has 2 bridgehead atoms. The Balaban J connectivity index is 1.09. The molecular weight excluding hydrogens is 343 g/mol. The van der Waals surface area contributed by atoms with E-state index in [1.165, 1.54) is 44.2 Å². The van der Waals surface area contributed by atoms with Crippen molar-refractivity contribution in [2.45, 2.75) is 38.2 Å². The van der Waals surface area contributed by atoms with E-state index in [4.69, 9.17) is 4.74 Å². The average molecular weight is 377 g/mol. The fourth-order valence-electron chi connectivity index (χ4n) is 5.38. The molecule has 1 N–H and O–H groups in total. The summed E-state index contributed by atoms with van der Waals surface area (Å²) in [4.78, 5) is 4.57. The second kappa shape index (κ2) is 8.89. The summed E-state index contributed by atoms with van der Waals surface area (Å²) in [5.41, 5.74) is 1.07. The summed E-state index contributed by atoms with van der Waals surface area (Å²) in [6.45, 7) is 5.56. The van der Waals surface area contributed by atoms with Gasteiger partial charge in [-0.15, -0.1) is 0 Å². The highest BCUT2D eigenvalue weighted by molar-refractivity contribution is 5.46. The van der Waals surface area contributed by atoms with Crippen LogP contribution in [0.25, 0.3) is 0 Å². The predicted molar refractivity (Wildman–Crippen MR) is 105 cm³/mol. The fourth-order valence-corrected chi connectivity index (χ4v) is 5.38. The van der Waals surface area contributed by atoms with Gasteiger partial charge in [0.1, 0.15) is 5.82 Å². The normalized spacial score (nSPS) is 29.4. The summed E-state index contributed by atoms with van der Waals surface area (Å²) >= 11 is 0. The summed E-state index contributed by atoms with van der Waals surface area (Å²) < 4.78 is 18.8. The maximum Gasteiger partial charge on any atom is 0.123 e. The molecule has 0 spiro atoms. The molecule has 1 saturated heterocycles. The molecule has 27 heavy (non-hydrogen) atoms. The molecule has 5 heteroatoms. The second-order valence-corrected chi connectivity index (χ2v) is 8.72. The van der Waals surface area contributed by atoms with Gasteiger partial charge in [0, 0.05) is 45.0 Å². The number of rotatable bonds is 8. The minimum Gasteiger partial charge on any atom is -0.389 e. The summed E-state index contributed by atoms with van der Waals surface area (Å²) in [7, 11) is 0. The van der Waals surface area contributed by atoms with Crippen LogP contribution in [-0.4, -0.2) is 62.0 Å². The Labute approximate surface area is 162 Å². The van der Waals surface area contributed by atoms with E-state index in [0.717, 1.165) is 56.2 Å². The van der Waals surface area contributed by atoms with Crippen molar-refractivity contribution in [3.05, 3.63) is 30.1 Å². The van der Waals surface area contributed by atoms with Crippen molar-refractivity contribution in [3.8, 4) is 0 Å². The van der Waals surface area contributed by atoms with Gasteiger partial charge >= 0.3 is 0 Å². The number of β-amino-alcohol motifs (C(OH)–C–C–N with tert-alkyl or cyclic N) is 1. The largest absolute Gasteiger partial charge is 0.389 e. The Kier molecular flexibility index (Phi) is 6.31. The number of piperazine rings is 1. The van der Waals surface area contributed by atoms with E-state index >= 15 is 0 Å². The van der Waals surface area contributed by atoms with Gasteiger partial charge in [-0.1, -0.05) is 6.42 Å². The average Bonchev–Trinajstić information content (AvgIpc) is 3.30. The van der Waals surface area contributed by atoms with Crippen molar-refractivity contribution in [3.63, 3.8) is 0 Å². The molecule has 1 heterocycles. The second-order valence-electron chi connectivity index (χ2n) is 8.72. The molecule has 3 fully saturated rings. The third kappa shape index (κ3) is 5.01. The van der Waals surface area contributed by atoms with E-state index in [0.29, 0.717) is 13.2 Å². The van der Waals surface area contributed by atoms with Gasteiger partial charge in [-0.3, -0.25) is 4.90 Å². The Morgan fingerprint density at radius 2 is 1.85 bits per heavy atom. The molecule has 0 amide bonds. The Morgan fingerprint density at radius 3 is 2.52 bits per heavy atom. The maximum atomic E-state index is 13.0. The lowest BCUT2D eigenvalue weighted by molar-refractivity contribution is 0.0100. The van der Waals surface area contributed by atoms with Crippen molar-refractivity contribution in [1.29, 1.82) is 0 Å². The predicted octanol–water partition coefficient (Wildman–Crippen LogP) is 3.15. The molecule has 0 unspecified atom stereocenters. The van der Waals surface area contributed by atoms with E-state index in [9.17, 15) is 9.50 Å². The zero-order chi connectivity index (χ0) is 18.6. The first kappa shape index (κ1) is 19.2. The van der Waals surface area contributed by atoms with E-state index < -0.39 is 6.10 Å². The van der Waals surface area contributed by atoms with E-state index in [-0.39, 0.29) is 5.82 Å². The van der Waals surface area contributed by atoms with Crippen LogP contribution in [0.5, 0.6) is 0 Å². The first-order valence-corrected chi connectivity index (χ1v) is 10.7. The monoisotopic (exact) mass is 376 g/mol. The molecule has 3 aliphatic rings. The highest BCUT2D eigenvalue weighted by Gasteiger charge is 2.38. The third-order valence-corrected chi connectivity index (χ3v) is 6.86. The Morgan fingerprint density at radius 1 is 1.07 bits per heavy atom. The lowest BCUT2D eigenvalue weighted by Gasteiger charge is -2.36. The third-order valence-electron chi connectivity index (χ3n) is 6.86. The highest BCUT2D eigenvalue weighted by atomic mass is 19.1. The van der Waals surface area contributed by atoms with Gasteiger partial charge in [-0.2, -0.15) is 0 Å². The standard InChI is InChI=1S/C22H33FN2O2/c23-20-3-5-21(6-4-20)25-10-8-24(9-11-25)15-22(26)16-27-12-7-19-14-17-1-2-18(19)13-17/h3-6,17-19,22,26H,1-2,7-16H2/t17-,18-,19-,22-/m1/s1. The summed E-state index contributed by atoms with van der Waals surface area (Å²) in [6, 6.07) is 6.70. The van der Waals surface area contributed by atoms with Crippen LogP contribution in [0.4, 0.5) is 10.1 Å². The van der Waals surface area contributed by atoms with Gasteiger partial charge in [0.2, 0.25) is 0 Å². The Hall–Kier alpha value is -1.17. The molecule has 0 radical (unpaired) electrons. The molecule has 4 rings (SSSR count). The van der Waals surface area contributed by atoms with Gasteiger partial charge in [-0.05, 0) is 67.7 Å². The summed E-state index contributed by atoms with van der Waals surface area (Å²) in [6.07, 6.45) is 6.51. The molecule has 1 aromatic rings. The number of fused-ring (bicyclic) bond motifs is 2. The quantitative estimate of drug-likeness (QED) is 0.707. The smallest absolute Gasteiger partial charge is 0.123 e. The van der Waals surface area contributed by atoms with Crippen LogP contribution in [-0.2, 0) is 4.74 Å². The minimum absolute atomic E-state index is 0.194. The highest BCUT2D eigenvalue weighted by Crippen LogP contribution is 2.49. The molecule has 2 aliphatic carbocycles. The van der Waals surface area contributed by atoms with Crippen molar-refractivity contribution in [2.75, 3.05) is 50.8 Å². The van der Waals surface area contributed by atoms with Crippen LogP contribution >= 0.6 is 0 Å². The first-order valence-electron chi connectivity index (χ1n) is 10.7. The molecule has 4 atom stereocenters. The number of hydrogen-bond donors (Lipinski definition) is 1. The number of hydrogen-bond acceptors (Lipinski definition) is 4. The van der Waals surface area contributed by atoms with Crippen LogP contribution in [0.3, 0.4) is 0 Å². The summed E-state index contributed by atoms with van der Waals surface area (Å²) in [5, 5.41) is 10.3. The molecule has 2 saturated carbocycles. The van der Waals surface area contributed by atoms with Crippen molar-refractivity contribution in [1.82, 2.24) is 4.90 Å². The van der Waals surface area contributed by atoms with Crippen molar-refractivity contribution in [2.24, 2.45) is 17.8 Å². The van der Waals surface area contributed by atoms with E-state index in [1.807, 2.05) is 12.1 Å². The van der Waals surface area contributed by atoms with Crippen LogP contribution in [0, 0.1) is 23.6 Å². The molecule has 150 valence electrons. The number of aliphatic hydroxyl groups is 1. The van der Waals surface area contributed by atoms with Crippen LogP contribution < -0.4 is 4.90 Å². The van der Waals surface area contributed by atoms with Gasteiger partial charge in [0.25, 0.3) is 0 Å². The van der Waals surface area contributed by atoms with Crippen molar-refractivity contribution < 1.29 is 14.2 Å². The zero-order valence-corrected chi connectivity index (χ0v) is 16.2. The maximum absolute atomic E-state index is 13.0. The fraction of sp³-hybridized carbons (Fsp3) is 0.727. The molecule has 1 aromatic carbocycles. The van der Waals surface area contributed by atoms with Crippen LogP contribution in [0.15, 0.2) is 24.3 Å². The molecular formula is C22H33FN2O2. The Bertz CT molecular complexity index is 588. The molecule has 4 nitrogen and oxygen atoms in total. The van der Waals surface area contributed by atoms with Gasteiger partial charge in [-0.25, -0.2) is 4.39 Å². The first-order chi connectivity index (χ1) is 13.2. The lowest BCUT2D eigenvalue weighted by atomic mass is 9.87. The molecule has 0 aromatic heterocycles. The zero-order valence-electron chi connectivity index (χ0n) is 16.2. The van der Waals surface area contributed by atoms with Gasteiger partial charge < -0.3 is 14.7 Å². The van der Waals surface area contributed by atoms with Gasteiger partial charge in [0.05, 0.1) is 12.7 Å². The number of nitrogens with zero attached hydrogens (tertiary/aromatic N) is 2. The summed E-state index contributed by atoms with van der Waals surface area (Å²) in [5.74, 6) is 2.64. The minimum atomic E-state index is -0.414. The van der Waals surface area contributed by atoms with Crippen LogP contribution in [0.2, 0.25) is 0 Å². The lowest BCUT2D eigenvalue weighted by Crippen LogP contribution is -2.49. The number of anilines is 1. The number of ether oxygens (including phenoxy) is 1. The van der Waals surface area contributed by atoms with Crippen LogP contribution in [0.1, 0.15) is 32.1 Å². The van der Waals surface area contributed by atoms with E-state index in [2.05, 4.69) is 9.80 Å². The van der Waals surface area contributed by atoms with Gasteiger partial charge in [0.15, 0.2) is 0 Å². The molecule has 1 aliphatic heterocycles. The SMILES string of the molecule is O[C@@H](COCC[C@@H]1C[C@@H]2CC[C@@H]1C2)CN1CCN(c2ccc(F)cc2)CC1. The number of benzene rings is 1. The topological polar surface area (TPSA) is 35.9 Å². The number of aliphatic hydroxyl groups excluding tert-OH is 1. The number of halogens is 1. The van der Waals surface area contributed by atoms with Crippen molar-refractivity contribution >= 4 is 5.69 Å². The van der Waals surface area contributed by atoms with E-state index in [1.54, 1.807) is 0 Å².